The molecule has 1 aromatic heterocycles. The molecule has 0 bridgehead atoms. The minimum atomic E-state index is 0. The van der Waals surface area contributed by atoms with Crippen molar-refractivity contribution in [3.8, 4) is 11.4 Å². The number of rotatable bonds is 6. The molecule has 1 fully saturated rings. The largest absolute Gasteiger partial charge is 0.357 e. The van der Waals surface area contributed by atoms with Gasteiger partial charge in [-0.25, -0.2) is 9.98 Å². The van der Waals surface area contributed by atoms with Gasteiger partial charge in [0.15, 0.2) is 11.8 Å². The number of hydrogen-bond acceptors (Lipinski definition) is 3. The second-order valence-corrected chi connectivity index (χ2v) is 7.00. The Labute approximate surface area is 179 Å². The van der Waals surface area contributed by atoms with Gasteiger partial charge in [0.05, 0.1) is 6.54 Å². The highest BCUT2D eigenvalue weighted by molar-refractivity contribution is 14.0. The van der Waals surface area contributed by atoms with Crippen molar-refractivity contribution in [2.75, 3.05) is 6.54 Å². The van der Waals surface area contributed by atoms with Crippen molar-refractivity contribution >= 4 is 29.9 Å². The Morgan fingerprint density at radius 3 is 2.70 bits per heavy atom. The van der Waals surface area contributed by atoms with Crippen LogP contribution in [-0.4, -0.2) is 33.7 Å². The van der Waals surface area contributed by atoms with Gasteiger partial charge in [-0.15, -0.1) is 24.0 Å². The zero-order valence-electron chi connectivity index (χ0n) is 16.2. The molecule has 0 amide bonds. The molecular formula is C20H31IN6. The zero-order chi connectivity index (χ0) is 18.2. The van der Waals surface area contributed by atoms with Crippen LogP contribution >= 0.6 is 24.0 Å². The van der Waals surface area contributed by atoms with Gasteiger partial charge >= 0.3 is 0 Å². The quantitative estimate of drug-likeness (QED) is 0.329. The normalized spacial score (nSPS) is 20.0. The molecule has 1 aliphatic carbocycles. The van der Waals surface area contributed by atoms with E-state index in [9.17, 15) is 0 Å². The van der Waals surface area contributed by atoms with Crippen LogP contribution in [0.15, 0.2) is 35.6 Å². The lowest BCUT2D eigenvalue weighted by atomic mass is 9.84. The average Bonchev–Trinajstić information content (AvgIpc) is 3.22. The second-order valence-electron chi connectivity index (χ2n) is 7.00. The molecule has 0 spiro atoms. The highest BCUT2D eigenvalue weighted by Crippen LogP contribution is 2.26. The maximum atomic E-state index is 4.79. The first-order chi connectivity index (χ1) is 12.8. The summed E-state index contributed by atoms with van der Waals surface area (Å²) in [5.74, 6) is 2.61. The van der Waals surface area contributed by atoms with E-state index in [0.29, 0.717) is 12.6 Å². The molecular weight excluding hydrogens is 451 g/mol. The lowest BCUT2D eigenvalue weighted by Gasteiger charge is -2.29. The fraction of sp³-hybridized carbons (Fsp3) is 0.550. The van der Waals surface area contributed by atoms with Crippen LogP contribution in [0.1, 0.15) is 51.5 Å². The third-order valence-corrected chi connectivity index (χ3v) is 5.14. The van der Waals surface area contributed by atoms with Gasteiger partial charge in [-0.1, -0.05) is 31.5 Å². The highest BCUT2D eigenvalue weighted by Gasteiger charge is 2.20. The number of H-pyrrole nitrogens is 1. The van der Waals surface area contributed by atoms with E-state index in [4.69, 9.17) is 4.99 Å². The molecule has 3 rings (SSSR count). The minimum Gasteiger partial charge on any atom is -0.357 e. The van der Waals surface area contributed by atoms with Gasteiger partial charge in [0.1, 0.15) is 6.33 Å². The summed E-state index contributed by atoms with van der Waals surface area (Å²) in [5.41, 5.74) is 2.19. The van der Waals surface area contributed by atoms with E-state index in [0.717, 1.165) is 35.4 Å². The van der Waals surface area contributed by atoms with Crippen molar-refractivity contribution in [3.05, 3.63) is 36.2 Å². The number of nitrogens with one attached hydrogen (secondary N) is 3. The SMILES string of the molecule is CCNC(=NCc1cccc(-c2ncn[nH]2)c1)NC1CCC(CC)CC1.I. The van der Waals surface area contributed by atoms with Crippen LogP contribution in [0.25, 0.3) is 11.4 Å². The second kappa shape index (κ2) is 11.3. The molecule has 0 radical (unpaired) electrons. The molecule has 0 atom stereocenters. The van der Waals surface area contributed by atoms with Gasteiger partial charge in [-0.3, -0.25) is 5.10 Å². The smallest absolute Gasteiger partial charge is 0.191 e. The first kappa shape index (κ1) is 21.7. The average molecular weight is 482 g/mol. The maximum Gasteiger partial charge on any atom is 0.191 e. The maximum absolute atomic E-state index is 4.79. The summed E-state index contributed by atoms with van der Waals surface area (Å²) in [6.07, 6.45) is 7.97. The minimum absolute atomic E-state index is 0. The number of aliphatic imine (C=N–C) groups is 1. The Balaban J connectivity index is 0.00000261. The van der Waals surface area contributed by atoms with Crippen LogP contribution in [0.5, 0.6) is 0 Å². The van der Waals surface area contributed by atoms with Crippen molar-refractivity contribution in [2.24, 2.45) is 10.9 Å². The Bertz CT molecular complexity index is 692. The van der Waals surface area contributed by atoms with Crippen LogP contribution in [0.2, 0.25) is 0 Å². The molecule has 148 valence electrons. The van der Waals surface area contributed by atoms with Gasteiger partial charge < -0.3 is 10.6 Å². The number of nitrogens with zero attached hydrogens (tertiary/aromatic N) is 3. The van der Waals surface area contributed by atoms with E-state index in [2.05, 4.69) is 51.8 Å². The monoisotopic (exact) mass is 482 g/mol. The van der Waals surface area contributed by atoms with Crippen molar-refractivity contribution in [1.29, 1.82) is 0 Å². The summed E-state index contributed by atoms with van der Waals surface area (Å²) in [7, 11) is 0. The van der Waals surface area contributed by atoms with Crippen molar-refractivity contribution < 1.29 is 0 Å². The number of benzene rings is 1. The summed E-state index contributed by atoms with van der Waals surface area (Å²) in [4.78, 5) is 9.00. The van der Waals surface area contributed by atoms with Crippen LogP contribution in [0, 0.1) is 5.92 Å². The number of hydrogen-bond donors (Lipinski definition) is 3. The third-order valence-electron chi connectivity index (χ3n) is 5.14. The van der Waals surface area contributed by atoms with Crippen LogP contribution in [0.4, 0.5) is 0 Å². The predicted octanol–water partition coefficient (Wildman–Crippen LogP) is 4.11. The van der Waals surface area contributed by atoms with Gasteiger partial charge in [0.2, 0.25) is 0 Å². The first-order valence-electron chi connectivity index (χ1n) is 9.78. The van der Waals surface area contributed by atoms with E-state index in [1.807, 2.05) is 12.1 Å². The lowest BCUT2D eigenvalue weighted by Crippen LogP contribution is -2.44. The molecule has 1 heterocycles. The fourth-order valence-corrected chi connectivity index (χ4v) is 3.56. The Hall–Kier alpha value is -1.64. The molecule has 3 N–H and O–H groups in total. The molecule has 2 aromatic rings. The lowest BCUT2D eigenvalue weighted by molar-refractivity contribution is 0.304. The molecule has 1 aliphatic rings. The molecule has 6 nitrogen and oxygen atoms in total. The summed E-state index contributed by atoms with van der Waals surface area (Å²) in [5, 5.41) is 13.8. The van der Waals surface area contributed by atoms with Gasteiger partial charge in [0.25, 0.3) is 0 Å². The van der Waals surface area contributed by atoms with Gasteiger partial charge in [-0.2, -0.15) is 5.10 Å². The molecule has 27 heavy (non-hydrogen) atoms. The fourth-order valence-electron chi connectivity index (χ4n) is 3.56. The highest BCUT2D eigenvalue weighted by atomic mass is 127. The predicted molar refractivity (Wildman–Crippen MR) is 121 cm³/mol. The van der Waals surface area contributed by atoms with Crippen molar-refractivity contribution in [2.45, 2.75) is 58.5 Å². The van der Waals surface area contributed by atoms with E-state index in [1.54, 1.807) is 0 Å². The summed E-state index contributed by atoms with van der Waals surface area (Å²) in [6.45, 7) is 5.92. The number of guanidine groups is 1. The zero-order valence-corrected chi connectivity index (χ0v) is 18.6. The molecule has 7 heteroatoms. The van der Waals surface area contributed by atoms with E-state index in [-0.39, 0.29) is 24.0 Å². The molecule has 1 aromatic carbocycles. The molecule has 0 aliphatic heterocycles. The van der Waals surface area contributed by atoms with Gasteiger partial charge in [-0.05, 0) is 50.2 Å². The summed E-state index contributed by atoms with van der Waals surface area (Å²) >= 11 is 0. The molecule has 1 saturated carbocycles. The molecule has 0 saturated heterocycles. The van der Waals surface area contributed by atoms with Crippen LogP contribution in [-0.2, 0) is 6.54 Å². The van der Waals surface area contributed by atoms with Gasteiger partial charge in [0, 0.05) is 18.2 Å². The number of aromatic amines is 1. The summed E-state index contributed by atoms with van der Waals surface area (Å²) < 4.78 is 0. The standard InChI is InChI=1S/C20H30N6.HI/c1-3-15-8-10-18(11-9-15)25-20(21-4-2)22-13-16-6-5-7-17(12-16)19-23-14-24-26-19;/h5-7,12,14-15,18H,3-4,8-11,13H2,1-2H3,(H2,21,22,25)(H,23,24,26);1H. The Morgan fingerprint density at radius 2 is 2.04 bits per heavy atom. The van der Waals surface area contributed by atoms with Crippen molar-refractivity contribution in [1.82, 2.24) is 25.8 Å². The number of halogens is 1. The van der Waals surface area contributed by atoms with Crippen molar-refractivity contribution in [3.63, 3.8) is 0 Å². The Kier molecular flexibility index (Phi) is 9.03. The third kappa shape index (κ3) is 6.48. The van der Waals surface area contributed by atoms with E-state index < -0.39 is 0 Å². The van der Waals surface area contributed by atoms with Crippen LogP contribution < -0.4 is 10.6 Å². The van der Waals surface area contributed by atoms with E-state index >= 15 is 0 Å². The molecule has 0 unspecified atom stereocenters. The number of aromatic nitrogens is 3. The van der Waals surface area contributed by atoms with E-state index in [1.165, 1.54) is 38.4 Å². The Morgan fingerprint density at radius 1 is 1.22 bits per heavy atom. The topological polar surface area (TPSA) is 78.0 Å². The van der Waals surface area contributed by atoms with Crippen LogP contribution in [0.3, 0.4) is 0 Å². The summed E-state index contributed by atoms with van der Waals surface area (Å²) in [6, 6.07) is 8.81. The first-order valence-corrected chi connectivity index (χ1v) is 9.78.